The number of nitrogens with one attached hydrogen (secondary N) is 2. The number of hydrogen-bond donors (Lipinski definition) is 2. The van der Waals surface area contributed by atoms with Gasteiger partial charge in [0.2, 0.25) is 0 Å². The molecule has 4 rings (SSSR count). The van der Waals surface area contributed by atoms with Crippen LogP contribution in [0.5, 0.6) is 5.75 Å². The molecule has 1 aromatic heterocycles. The number of carbonyl (C=O) groups excluding carboxylic acids is 3. The maximum atomic E-state index is 12.9. The van der Waals surface area contributed by atoms with Gasteiger partial charge >= 0.3 is 0 Å². The topological polar surface area (TPSA) is 122 Å². The van der Waals surface area contributed by atoms with Crippen molar-refractivity contribution in [3.8, 4) is 5.75 Å². The molecule has 1 aliphatic rings. The largest absolute Gasteiger partial charge is 0.495 e. The summed E-state index contributed by atoms with van der Waals surface area (Å²) in [5.74, 6) is -0.703. The number of nitrogens with zero attached hydrogens (tertiary/aromatic N) is 1. The molecule has 192 valence electrons. The van der Waals surface area contributed by atoms with Crippen LogP contribution in [0.3, 0.4) is 0 Å². The summed E-state index contributed by atoms with van der Waals surface area (Å²) in [6, 6.07) is 13.6. The lowest BCUT2D eigenvalue weighted by atomic mass is 10.2. The molecule has 2 aromatic carbocycles. The van der Waals surface area contributed by atoms with E-state index in [0.717, 1.165) is 21.5 Å². The Labute approximate surface area is 226 Å². The van der Waals surface area contributed by atoms with Crippen LogP contribution in [-0.2, 0) is 14.8 Å². The summed E-state index contributed by atoms with van der Waals surface area (Å²) >= 11 is 8.27. The molecule has 0 spiro atoms. The maximum Gasteiger partial charge on any atom is 0.293 e. The Morgan fingerprint density at radius 3 is 2.68 bits per heavy atom. The molecule has 37 heavy (non-hydrogen) atoms. The minimum Gasteiger partial charge on any atom is -0.495 e. The number of carbonyl (C=O) groups is 3. The lowest BCUT2D eigenvalue weighted by Crippen LogP contribution is -2.37. The number of benzene rings is 2. The molecule has 0 saturated carbocycles. The van der Waals surface area contributed by atoms with Crippen molar-refractivity contribution in [2.75, 3.05) is 24.9 Å². The third-order valence-corrected chi connectivity index (χ3v) is 8.45. The van der Waals surface area contributed by atoms with E-state index in [1.165, 1.54) is 54.8 Å². The van der Waals surface area contributed by atoms with Crippen LogP contribution in [0.4, 0.5) is 10.5 Å². The highest BCUT2D eigenvalue weighted by Gasteiger charge is 2.34. The molecule has 0 unspecified atom stereocenters. The van der Waals surface area contributed by atoms with Crippen LogP contribution in [0, 0.1) is 0 Å². The van der Waals surface area contributed by atoms with Gasteiger partial charge in [0.05, 0.1) is 22.6 Å². The first-order chi connectivity index (χ1) is 17.7. The zero-order valence-corrected chi connectivity index (χ0v) is 22.5. The number of hydrogen-bond acceptors (Lipinski definition) is 8. The molecule has 2 heterocycles. The van der Waals surface area contributed by atoms with Gasteiger partial charge < -0.3 is 10.1 Å². The van der Waals surface area contributed by atoms with Gasteiger partial charge in [-0.05, 0) is 65.7 Å². The molecule has 13 heteroatoms. The van der Waals surface area contributed by atoms with E-state index in [1.54, 1.807) is 12.1 Å². The molecule has 0 bridgehead atoms. The highest BCUT2D eigenvalue weighted by atomic mass is 35.5. The molecule has 2 N–H and O–H groups in total. The van der Waals surface area contributed by atoms with Crippen LogP contribution in [0.25, 0.3) is 6.08 Å². The SMILES string of the molecule is COc1ccc(Cl)cc1NS(=O)(=O)c1cccc(C(=O)NCCN2C(=O)SC(=Cc3cccs3)C2=O)c1. The molecule has 0 aliphatic carbocycles. The van der Waals surface area contributed by atoms with Crippen molar-refractivity contribution in [2.24, 2.45) is 0 Å². The van der Waals surface area contributed by atoms with Crippen molar-refractivity contribution < 1.29 is 27.5 Å². The number of sulfonamides is 1. The van der Waals surface area contributed by atoms with Crippen molar-refractivity contribution in [3.05, 3.63) is 80.3 Å². The fourth-order valence-electron chi connectivity index (χ4n) is 3.35. The fourth-order valence-corrected chi connectivity index (χ4v) is 6.21. The smallest absolute Gasteiger partial charge is 0.293 e. The molecule has 1 aliphatic heterocycles. The second-order valence-electron chi connectivity index (χ2n) is 7.58. The van der Waals surface area contributed by atoms with Gasteiger partial charge in [-0.2, -0.15) is 0 Å². The summed E-state index contributed by atoms with van der Waals surface area (Å²) in [6.07, 6.45) is 1.66. The second kappa shape index (κ2) is 11.4. The van der Waals surface area contributed by atoms with E-state index in [0.29, 0.717) is 9.93 Å². The first kappa shape index (κ1) is 26.7. The minimum atomic E-state index is -4.07. The highest BCUT2D eigenvalue weighted by Crippen LogP contribution is 2.33. The first-order valence-corrected chi connectivity index (χ1v) is 14.3. The van der Waals surface area contributed by atoms with Gasteiger partial charge in [-0.3, -0.25) is 24.0 Å². The maximum absolute atomic E-state index is 12.9. The van der Waals surface area contributed by atoms with Gasteiger partial charge in [0.15, 0.2) is 0 Å². The molecular formula is C24H20ClN3O6S3. The van der Waals surface area contributed by atoms with Gasteiger partial charge in [0.25, 0.3) is 27.1 Å². The summed E-state index contributed by atoms with van der Waals surface area (Å²) < 4.78 is 33.4. The molecule has 0 radical (unpaired) electrons. The number of rotatable bonds is 9. The fraction of sp³-hybridized carbons (Fsp3) is 0.125. The summed E-state index contributed by atoms with van der Waals surface area (Å²) in [6.45, 7) is -0.0234. The first-order valence-electron chi connectivity index (χ1n) is 10.7. The zero-order valence-electron chi connectivity index (χ0n) is 19.3. The lowest BCUT2D eigenvalue weighted by Gasteiger charge is -2.14. The number of ether oxygens (including phenoxy) is 1. The Bertz CT molecular complexity index is 1490. The molecule has 1 fully saturated rings. The van der Waals surface area contributed by atoms with Crippen molar-refractivity contribution in [2.45, 2.75) is 4.90 Å². The summed E-state index contributed by atoms with van der Waals surface area (Å²) in [5, 5.41) is 4.38. The molecule has 3 amide bonds. The van der Waals surface area contributed by atoms with Crippen LogP contribution in [0.1, 0.15) is 15.2 Å². The lowest BCUT2D eigenvalue weighted by molar-refractivity contribution is -0.122. The van der Waals surface area contributed by atoms with E-state index >= 15 is 0 Å². The zero-order chi connectivity index (χ0) is 26.6. The third kappa shape index (κ3) is 6.34. The Balaban J connectivity index is 1.39. The monoisotopic (exact) mass is 577 g/mol. The summed E-state index contributed by atoms with van der Waals surface area (Å²) in [7, 11) is -2.67. The minimum absolute atomic E-state index is 0.00189. The predicted octanol–water partition coefficient (Wildman–Crippen LogP) is 4.68. The Morgan fingerprint density at radius 2 is 1.95 bits per heavy atom. The van der Waals surface area contributed by atoms with Gasteiger partial charge in [0.1, 0.15) is 5.75 Å². The predicted molar refractivity (Wildman–Crippen MR) is 145 cm³/mol. The van der Waals surface area contributed by atoms with Gasteiger partial charge in [-0.15, -0.1) is 11.3 Å². The third-order valence-electron chi connectivity index (χ3n) is 5.12. The van der Waals surface area contributed by atoms with E-state index < -0.39 is 27.1 Å². The van der Waals surface area contributed by atoms with Gasteiger partial charge in [0, 0.05) is 28.6 Å². The Hall–Kier alpha value is -3.32. The number of thiophene rings is 1. The molecule has 0 atom stereocenters. The Morgan fingerprint density at radius 1 is 1.14 bits per heavy atom. The van der Waals surface area contributed by atoms with Gasteiger partial charge in [-0.1, -0.05) is 23.7 Å². The van der Waals surface area contributed by atoms with Crippen molar-refractivity contribution in [1.29, 1.82) is 0 Å². The molecule has 9 nitrogen and oxygen atoms in total. The average molecular weight is 578 g/mol. The number of halogens is 1. The number of anilines is 1. The van der Waals surface area contributed by atoms with E-state index in [1.807, 2.05) is 17.5 Å². The second-order valence-corrected chi connectivity index (χ2v) is 11.7. The Kier molecular flexibility index (Phi) is 8.22. The normalized spacial score (nSPS) is 14.8. The van der Waals surface area contributed by atoms with Crippen LogP contribution >= 0.6 is 34.7 Å². The van der Waals surface area contributed by atoms with Crippen LogP contribution in [0.2, 0.25) is 5.02 Å². The number of imide groups is 1. The summed E-state index contributed by atoms with van der Waals surface area (Å²) in [4.78, 5) is 39.6. The van der Waals surface area contributed by atoms with Crippen LogP contribution in [0.15, 0.2) is 69.8 Å². The average Bonchev–Trinajstić information content (AvgIpc) is 3.47. The van der Waals surface area contributed by atoms with Crippen molar-refractivity contribution in [1.82, 2.24) is 10.2 Å². The molecular weight excluding hydrogens is 558 g/mol. The molecule has 3 aromatic rings. The quantitative estimate of drug-likeness (QED) is 0.354. The van der Waals surface area contributed by atoms with E-state index in [2.05, 4.69) is 10.0 Å². The highest BCUT2D eigenvalue weighted by molar-refractivity contribution is 8.18. The van der Waals surface area contributed by atoms with Crippen molar-refractivity contribution >= 4 is 73.5 Å². The van der Waals surface area contributed by atoms with E-state index in [9.17, 15) is 22.8 Å². The number of methoxy groups -OCH3 is 1. The standard InChI is InChI=1S/C24H20ClN3O6S3/c1-34-20-8-7-16(25)13-19(20)27-37(32,33)18-6-2-4-15(12-18)22(29)26-9-10-28-23(30)21(36-24(28)31)14-17-5-3-11-35-17/h2-8,11-14,27H,9-10H2,1H3,(H,26,29). The van der Waals surface area contributed by atoms with E-state index in [4.69, 9.17) is 16.3 Å². The number of thioether (sulfide) groups is 1. The summed E-state index contributed by atoms with van der Waals surface area (Å²) in [5.41, 5.74) is 0.239. The van der Waals surface area contributed by atoms with Gasteiger partial charge in [-0.25, -0.2) is 8.42 Å². The van der Waals surface area contributed by atoms with E-state index in [-0.39, 0.29) is 35.0 Å². The molecule has 1 saturated heterocycles. The van der Waals surface area contributed by atoms with Crippen LogP contribution < -0.4 is 14.8 Å². The van der Waals surface area contributed by atoms with Crippen molar-refractivity contribution in [3.63, 3.8) is 0 Å². The van der Waals surface area contributed by atoms with Crippen LogP contribution in [-0.4, -0.2) is 50.6 Å². The number of amides is 3.